The third kappa shape index (κ3) is 2.92. The summed E-state index contributed by atoms with van der Waals surface area (Å²) in [6, 6.07) is 3.62. The fourth-order valence-electron chi connectivity index (χ4n) is 0.770. The van der Waals surface area contributed by atoms with E-state index in [1.165, 1.54) is 0 Å². The summed E-state index contributed by atoms with van der Waals surface area (Å²) in [7, 11) is 0. The van der Waals surface area contributed by atoms with Crippen LogP contribution in [0.4, 0.5) is 18.9 Å². The summed E-state index contributed by atoms with van der Waals surface area (Å²) in [6.07, 6.45) is -4.78. The van der Waals surface area contributed by atoms with E-state index in [4.69, 9.17) is 0 Å². The van der Waals surface area contributed by atoms with Crippen LogP contribution in [0.25, 0.3) is 0 Å². The van der Waals surface area contributed by atoms with Gasteiger partial charge in [0.05, 0.1) is 4.92 Å². The third-order valence-corrected chi connectivity index (χ3v) is 1.28. The molecule has 0 aliphatic heterocycles. The number of benzene rings is 1. The molecule has 14 heavy (non-hydrogen) atoms. The molecule has 0 bridgehead atoms. The average molecular weight is 207 g/mol. The van der Waals surface area contributed by atoms with Gasteiger partial charge < -0.3 is 4.74 Å². The maximum Gasteiger partial charge on any atom is 0.573 e. The lowest BCUT2D eigenvalue weighted by atomic mass is 10.3. The zero-order chi connectivity index (χ0) is 10.8. The first-order chi connectivity index (χ1) is 6.38. The summed E-state index contributed by atoms with van der Waals surface area (Å²) in [5.41, 5.74) is -0.292. The number of hydrogen-bond acceptors (Lipinski definition) is 3. The largest absolute Gasteiger partial charge is 0.573 e. The van der Waals surface area contributed by atoms with E-state index in [0.29, 0.717) is 0 Å². The molecule has 0 aliphatic carbocycles. The van der Waals surface area contributed by atoms with Crippen molar-refractivity contribution < 1.29 is 22.8 Å². The van der Waals surface area contributed by atoms with Crippen LogP contribution in [0.15, 0.2) is 24.3 Å². The van der Waals surface area contributed by atoms with Gasteiger partial charge in [0.1, 0.15) is 5.75 Å². The molecule has 1 rings (SSSR count). The van der Waals surface area contributed by atoms with E-state index in [-0.39, 0.29) is 5.69 Å². The van der Waals surface area contributed by atoms with Gasteiger partial charge in [-0.05, 0) is 12.1 Å². The van der Waals surface area contributed by atoms with Gasteiger partial charge >= 0.3 is 6.36 Å². The number of nitro groups is 1. The van der Waals surface area contributed by atoms with Crippen molar-refractivity contribution in [2.45, 2.75) is 6.36 Å². The fourth-order valence-corrected chi connectivity index (χ4v) is 0.770. The molecule has 4 nitrogen and oxygen atoms in total. The number of halogens is 3. The van der Waals surface area contributed by atoms with Crippen LogP contribution < -0.4 is 4.74 Å². The SMILES string of the molecule is O=[N+]([O-])c1ccc(OC(F)(F)F)cc1. The first-order valence-corrected chi connectivity index (χ1v) is 3.39. The highest BCUT2D eigenvalue weighted by Gasteiger charge is 2.31. The molecular weight excluding hydrogens is 203 g/mol. The molecule has 7 heteroatoms. The van der Waals surface area contributed by atoms with Crippen molar-refractivity contribution in [1.82, 2.24) is 0 Å². The fraction of sp³-hybridized carbons (Fsp3) is 0.143. The normalized spacial score (nSPS) is 11.1. The van der Waals surface area contributed by atoms with E-state index in [0.717, 1.165) is 24.3 Å². The quantitative estimate of drug-likeness (QED) is 0.552. The number of non-ortho nitro benzene ring substituents is 1. The Hall–Kier alpha value is -1.79. The van der Waals surface area contributed by atoms with Crippen molar-refractivity contribution >= 4 is 5.69 Å². The number of rotatable bonds is 2. The van der Waals surface area contributed by atoms with Crippen LogP contribution in [0, 0.1) is 10.1 Å². The highest BCUT2D eigenvalue weighted by Crippen LogP contribution is 2.24. The van der Waals surface area contributed by atoms with Gasteiger partial charge in [0.15, 0.2) is 0 Å². The van der Waals surface area contributed by atoms with Crippen molar-refractivity contribution in [2.75, 3.05) is 0 Å². The Balaban J connectivity index is 2.79. The molecule has 0 fully saturated rings. The van der Waals surface area contributed by atoms with Crippen LogP contribution in [0.1, 0.15) is 0 Å². The summed E-state index contributed by atoms with van der Waals surface area (Å²) in [4.78, 5) is 9.43. The predicted molar refractivity (Wildman–Crippen MR) is 39.8 cm³/mol. The maximum absolute atomic E-state index is 11.6. The monoisotopic (exact) mass is 207 g/mol. The Kier molecular flexibility index (Phi) is 2.59. The summed E-state index contributed by atoms with van der Waals surface area (Å²) < 4.78 is 38.4. The molecule has 0 radical (unpaired) electrons. The van der Waals surface area contributed by atoms with E-state index in [9.17, 15) is 23.3 Å². The second-order valence-corrected chi connectivity index (χ2v) is 2.30. The van der Waals surface area contributed by atoms with Crippen LogP contribution in [0.2, 0.25) is 0 Å². The van der Waals surface area contributed by atoms with Gasteiger partial charge in [-0.3, -0.25) is 10.1 Å². The van der Waals surface area contributed by atoms with Crippen molar-refractivity contribution in [2.24, 2.45) is 0 Å². The van der Waals surface area contributed by atoms with Crippen LogP contribution in [-0.4, -0.2) is 11.3 Å². The van der Waals surface area contributed by atoms with Crippen molar-refractivity contribution in [3.8, 4) is 5.75 Å². The summed E-state index contributed by atoms with van der Waals surface area (Å²) in [5.74, 6) is -0.483. The number of alkyl halides is 3. The van der Waals surface area contributed by atoms with E-state index >= 15 is 0 Å². The Morgan fingerprint density at radius 2 is 1.71 bits per heavy atom. The Morgan fingerprint density at radius 1 is 1.21 bits per heavy atom. The summed E-state index contributed by atoms with van der Waals surface area (Å²) in [5, 5.41) is 10.1. The van der Waals surface area contributed by atoms with E-state index in [2.05, 4.69) is 4.74 Å². The van der Waals surface area contributed by atoms with E-state index in [1.807, 2.05) is 0 Å². The lowest BCUT2D eigenvalue weighted by molar-refractivity contribution is -0.384. The van der Waals surface area contributed by atoms with Gasteiger partial charge in [-0.2, -0.15) is 0 Å². The lowest BCUT2D eigenvalue weighted by Gasteiger charge is -2.07. The molecular formula is C7H4F3NO3. The molecule has 0 N–H and O–H groups in total. The Morgan fingerprint density at radius 3 is 2.07 bits per heavy atom. The standard InChI is InChI=1S/C7H4F3NO3/c8-7(9,10)14-6-3-1-5(2-4-6)11(12)13/h1-4H. The minimum Gasteiger partial charge on any atom is -0.406 e. The van der Waals surface area contributed by atoms with E-state index in [1.54, 1.807) is 0 Å². The molecule has 0 saturated carbocycles. The molecule has 1 aromatic rings. The summed E-state index contributed by atoms with van der Waals surface area (Å²) >= 11 is 0. The third-order valence-electron chi connectivity index (χ3n) is 1.28. The molecule has 1 aromatic carbocycles. The van der Waals surface area contributed by atoms with Gasteiger partial charge in [-0.25, -0.2) is 0 Å². The second-order valence-electron chi connectivity index (χ2n) is 2.30. The second kappa shape index (κ2) is 3.52. The number of ether oxygens (including phenoxy) is 1. The molecule has 0 spiro atoms. The highest BCUT2D eigenvalue weighted by atomic mass is 19.4. The van der Waals surface area contributed by atoms with Crippen LogP contribution in [0.5, 0.6) is 5.75 Å². The molecule has 0 heterocycles. The van der Waals surface area contributed by atoms with Gasteiger partial charge in [0.2, 0.25) is 0 Å². The predicted octanol–water partition coefficient (Wildman–Crippen LogP) is 2.49. The minimum absolute atomic E-state index is 0.292. The smallest absolute Gasteiger partial charge is 0.406 e. The molecule has 0 aromatic heterocycles. The first-order valence-electron chi connectivity index (χ1n) is 3.39. The van der Waals surface area contributed by atoms with Crippen LogP contribution >= 0.6 is 0 Å². The van der Waals surface area contributed by atoms with Crippen molar-refractivity contribution in [1.29, 1.82) is 0 Å². The lowest BCUT2D eigenvalue weighted by Crippen LogP contribution is -2.16. The average Bonchev–Trinajstić information content (AvgIpc) is 2.02. The minimum atomic E-state index is -4.78. The van der Waals surface area contributed by atoms with Crippen LogP contribution in [-0.2, 0) is 0 Å². The highest BCUT2D eigenvalue weighted by molar-refractivity contribution is 5.35. The Bertz CT molecular complexity index is 333. The van der Waals surface area contributed by atoms with Crippen molar-refractivity contribution in [3.63, 3.8) is 0 Å². The molecule has 76 valence electrons. The molecule has 0 aliphatic rings. The van der Waals surface area contributed by atoms with E-state index < -0.39 is 17.0 Å². The van der Waals surface area contributed by atoms with Gasteiger partial charge in [-0.15, -0.1) is 13.2 Å². The van der Waals surface area contributed by atoms with Gasteiger partial charge in [0, 0.05) is 12.1 Å². The zero-order valence-electron chi connectivity index (χ0n) is 6.62. The number of hydrogen-bond donors (Lipinski definition) is 0. The Labute approximate surface area is 76.1 Å². The molecule has 0 amide bonds. The van der Waals surface area contributed by atoms with Crippen molar-refractivity contribution in [3.05, 3.63) is 34.4 Å². The van der Waals surface area contributed by atoms with Crippen LogP contribution in [0.3, 0.4) is 0 Å². The number of nitrogens with zero attached hydrogens (tertiary/aromatic N) is 1. The zero-order valence-corrected chi connectivity index (χ0v) is 6.62. The van der Waals surface area contributed by atoms with Gasteiger partial charge in [0.25, 0.3) is 5.69 Å². The topological polar surface area (TPSA) is 52.4 Å². The molecule has 0 saturated heterocycles. The molecule has 0 atom stereocenters. The van der Waals surface area contributed by atoms with Gasteiger partial charge in [-0.1, -0.05) is 0 Å². The first kappa shape index (κ1) is 10.3. The number of nitro benzene ring substituents is 1. The maximum atomic E-state index is 11.6. The summed E-state index contributed by atoms with van der Waals surface area (Å²) in [6.45, 7) is 0. The molecule has 0 unspecified atom stereocenters.